The number of nitrogens with zero attached hydrogens (tertiary/aromatic N) is 2. The van der Waals surface area contributed by atoms with E-state index in [0.717, 1.165) is 22.5 Å². The minimum absolute atomic E-state index is 1.08. The third kappa shape index (κ3) is 3.95. The second-order valence-corrected chi connectivity index (χ2v) is 12.4. The molecule has 0 amide bonds. The van der Waals surface area contributed by atoms with Crippen LogP contribution in [0.5, 0.6) is 0 Å². The molecule has 2 aromatic heterocycles. The van der Waals surface area contributed by atoms with Crippen molar-refractivity contribution in [1.29, 1.82) is 0 Å². The first-order chi connectivity index (χ1) is 23.8. The fraction of sp³-hybridized carbons (Fsp3) is 0. The highest BCUT2D eigenvalue weighted by atomic mass is 15.0. The number of benzene rings is 7. The van der Waals surface area contributed by atoms with Crippen molar-refractivity contribution in [2.75, 3.05) is 0 Å². The molecule has 0 aliphatic heterocycles. The lowest BCUT2D eigenvalue weighted by molar-refractivity contribution is 1.17. The largest absolute Gasteiger partial charge is 0.309 e. The Kier molecular flexibility index (Phi) is 5.82. The molecule has 48 heavy (non-hydrogen) atoms. The molecule has 0 N–H and O–H groups in total. The summed E-state index contributed by atoms with van der Waals surface area (Å²) in [5.41, 5.74) is 11.7. The molecule has 0 radical (unpaired) electrons. The maximum atomic E-state index is 3.37. The zero-order valence-electron chi connectivity index (χ0n) is 26.1. The highest BCUT2D eigenvalue weighted by Crippen LogP contribution is 2.42. The maximum Gasteiger partial charge on any atom is 0.0641 e. The lowest BCUT2D eigenvalue weighted by Crippen LogP contribution is -1.95. The van der Waals surface area contributed by atoms with Crippen LogP contribution >= 0.6 is 0 Å². The summed E-state index contributed by atoms with van der Waals surface area (Å²) >= 11 is 0. The standard InChI is InChI=1S/C46H28N2/c1-2-11-31(12-3-1)32-21-25-36(26-22-32)48-42-19-8-6-16-39(42)40-29-30-44-45(46(40)48)41-17-7-9-20-43(41)47(44)35-27-23-34(24-28-35)38-18-10-14-33-13-4-5-15-37(33)38/h1-9,11-17,19-30H. The van der Waals surface area contributed by atoms with E-state index in [1.165, 1.54) is 65.5 Å². The Balaban J connectivity index is 1.21. The van der Waals surface area contributed by atoms with E-state index in [0.29, 0.717) is 0 Å². The quantitative estimate of drug-likeness (QED) is 0.188. The van der Waals surface area contributed by atoms with Gasteiger partial charge in [-0.3, -0.25) is 0 Å². The molecule has 0 saturated carbocycles. The van der Waals surface area contributed by atoms with Crippen LogP contribution in [-0.2, 0) is 0 Å². The second-order valence-electron chi connectivity index (χ2n) is 12.4. The zero-order valence-corrected chi connectivity index (χ0v) is 26.1. The lowest BCUT2D eigenvalue weighted by Gasteiger charge is -2.11. The molecule has 10 aromatic rings. The van der Waals surface area contributed by atoms with E-state index in [4.69, 9.17) is 0 Å². The molecule has 0 atom stereocenters. The molecular weight excluding hydrogens is 581 g/mol. The Morgan fingerprint density at radius 2 is 0.958 bits per heavy atom. The predicted octanol–water partition coefficient (Wildman–Crippen LogP) is 12.0. The van der Waals surface area contributed by atoms with Gasteiger partial charge >= 0.3 is 0 Å². The number of rotatable bonds is 4. The molecule has 0 unspecified atom stereocenters. The molecule has 0 spiro atoms. The van der Waals surface area contributed by atoms with Crippen molar-refractivity contribution in [2.45, 2.75) is 0 Å². The summed E-state index contributed by atoms with van der Waals surface area (Å²) in [6.45, 7) is 0. The van der Waals surface area contributed by atoms with Gasteiger partial charge in [0.25, 0.3) is 0 Å². The summed E-state index contributed by atoms with van der Waals surface area (Å²) in [6, 6.07) is 67.7. The van der Waals surface area contributed by atoms with Gasteiger partial charge in [0.15, 0.2) is 0 Å². The molecular formula is C46H28N2. The van der Waals surface area contributed by atoms with Crippen LogP contribution in [0.4, 0.5) is 0 Å². The SMILES string of the molecule is c1cc2ccccc2c(-c2ccc(-n3c4ccccc4c4c3ccc3c5ccccc5n(-c5ccc(-c6ccccc6)cc5)c34)cc2)c#1. The van der Waals surface area contributed by atoms with Gasteiger partial charge < -0.3 is 9.13 Å². The van der Waals surface area contributed by atoms with Crippen LogP contribution in [0.2, 0.25) is 0 Å². The van der Waals surface area contributed by atoms with Gasteiger partial charge in [-0.15, -0.1) is 0 Å². The van der Waals surface area contributed by atoms with E-state index in [9.17, 15) is 0 Å². The fourth-order valence-corrected chi connectivity index (χ4v) is 7.60. The van der Waals surface area contributed by atoms with Crippen molar-refractivity contribution in [3.63, 3.8) is 0 Å². The number of hydrogen-bond acceptors (Lipinski definition) is 0. The molecule has 2 heteroatoms. The van der Waals surface area contributed by atoms with Crippen molar-refractivity contribution in [2.24, 2.45) is 0 Å². The summed E-state index contributed by atoms with van der Waals surface area (Å²) in [4.78, 5) is 0. The van der Waals surface area contributed by atoms with Crippen molar-refractivity contribution >= 4 is 54.4 Å². The fourth-order valence-electron chi connectivity index (χ4n) is 7.60. The molecule has 0 saturated heterocycles. The van der Waals surface area contributed by atoms with E-state index in [1.54, 1.807) is 0 Å². The highest BCUT2D eigenvalue weighted by molar-refractivity contribution is 6.26. The van der Waals surface area contributed by atoms with Crippen LogP contribution in [0.25, 0.3) is 88.0 Å². The molecule has 10 rings (SSSR count). The van der Waals surface area contributed by atoms with Crippen molar-refractivity contribution in [1.82, 2.24) is 9.13 Å². The van der Waals surface area contributed by atoms with E-state index >= 15 is 0 Å². The second kappa shape index (κ2) is 10.5. The number of para-hydroxylation sites is 2. The smallest absolute Gasteiger partial charge is 0.0641 e. The normalized spacial score (nSPS) is 11.6. The van der Waals surface area contributed by atoms with Crippen LogP contribution in [0.15, 0.2) is 170 Å². The molecule has 0 fully saturated rings. The molecule has 0 bridgehead atoms. The Morgan fingerprint density at radius 1 is 0.375 bits per heavy atom. The molecule has 222 valence electrons. The van der Waals surface area contributed by atoms with E-state index in [1.807, 2.05) is 6.07 Å². The maximum absolute atomic E-state index is 3.37. The summed E-state index contributed by atoms with van der Waals surface area (Å²) in [5, 5.41) is 7.37. The minimum atomic E-state index is 1.08. The monoisotopic (exact) mass is 608 g/mol. The average Bonchev–Trinajstić information content (AvgIpc) is 3.68. The van der Waals surface area contributed by atoms with E-state index < -0.39 is 0 Å². The first-order valence-electron chi connectivity index (χ1n) is 16.4. The van der Waals surface area contributed by atoms with Gasteiger partial charge in [0.05, 0.1) is 22.1 Å². The van der Waals surface area contributed by atoms with Crippen LogP contribution in [0.3, 0.4) is 0 Å². The predicted molar refractivity (Wildman–Crippen MR) is 201 cm³/mol. The number of fused-ring (bicyclic) bond motifs is 8. The van der Waals surface area contributed by atoms with Gasteiger partial charge in [-0.25, -0.2) is 0 Å². The van der Waals surface area contributed by atoms with Crippen LogP contribution in [-0.4, -0.2) is 9.13 Å². The van der Waals surface area contributed by atoms with Crippen LogP contribution < -0.4 is 0 Å². The van der Waals surface area contributed by atoms with Crippen LogP contribution in [0.1, 0.15) is 0 Å². The van der Waals surface area contributed by atoms with Gasteiger partial charge in [0.1, 0.15) is 0 Å². The number of aromatic nitrogens is 2. The van der Waals surface area contributed by atoms with Crippen LogP contribution in [0, 0.1) is 12.1 Å². The van der Waals surface area contributed by atoms with Gasteiger partial charge in [-0.2, -0.15) is 0 Å². The number of hydrogen-bond donors (Lipinski definition) is 0. The Labute approximate surface area is 278 Å². The molecule has 0 aliphatic rings. The molecule has 2 heterocycles. The Morgan fingerprint density at radius 3 is 1.73 bits per heavy atom. The Bertz CT molecular complexity index is 2790. The summed E-state index contributed by atoms with van der Waals surface area (Å²) in [5.74, 6) is 0. The van der Waals surface area contributed by atoms with Crippen molar-refractivity contribution in [3.8, 4) is 33.6 Å². The first kappa shape index (κ1) is 26.6. The first-order valence-corrected chi connectivity index (χ1v) is 16.4. The zero-order chi connectivity index (χ0) is 31.6. The molecule has 2 nitrogen and oxygen atoms in total. The van der Waals surface area contributed by atoms with Crippen molar-refractivity contribution in [3.05, 3.63) is 182 Å². The van der Waals surface area contributed by atoms with E-state index in [2.05, 4.69) is 185 Å². The molecule has 0 aliphatic carbocycles. The van der Waals surface area contributed by atoms with Gasteiger partial charge in [0.2, 0.25) is 0 Å². The summed E-state index contributed by atoms with van der Waals surface area (Å²) in [6.07, 6.45) is 0. The van der Waals surface area contributed by atoms with Crippen molar-refractivity contribution < 1.29 is 0 Å². The minimum Gasteiger partial charge on any atom is -0.309 e. The Hall–Kier alpha value is -6.56. The van der Waals surface area contributed by atoms with E-state index in [-0.39, 0.29) is 0 Å². The average molecular weight is 609 g/mol. The summed E-state index contributed by atoms with van der Waals surface area (Å²) < 4.78 is 4.86. The topological polar surface area (TPSA) is 9.86 Å². The highest BCUT2D eigenvalue weighted by Gasteiger charge is 2.20. The third-order valence-electron chi connectivity index (χ3n) is 9.77. The molecule has 8 aromatic carbocycles. The van der Waals surface area contributed by atoms with Gasteiger partial charge in [-0.05, 0) is 76.0 Å². The summed E-state index contributed by atoms with van der Waals surface area (Å²) in [7, 11) is 0. The third-order valence-corrected chi connectivity index (χ3v) is 9.77. The van der Waals surface area contributed by atoms with Gasteiger partial charge in [-0.1, -0.05) is 133 Å². The van der Waals surface area contributed by atoms with Gasteiger partial charge in [0, 0.05) is 38.5 Å². The lowest BCUT2D eigenvalue weighted by atomic mass is 10.00.